The smallest absolute Gasteiger partial charge is 0.306 e. The van der Waals surface area contributed by atoms with E-state index >= 15 is 0 Å². The van der Waals surface area contributed by atoms with Crippen LogP contribution in [0.15, 0.2) is 97.2 Å². The van der Waals surface area contributed by atoms with Gasteiger partial charge in [-0.25, -0.2) is 0 Å². The molecule has 0 heterocycles. The van der Waals surface area contributed by atoms with Crippen LogP contribution in [0.2, 0.25) is 0 Å². The molecule has 0 fully saturated rings. The molecule has 1 N–H and O–H groups in total. The first-order valence-corrected chi connectivity index (χ1v) is 31.5. The van der Waals surface area contributed by atoms with Crippen molar-refractivity contribution in [2.75, 3.05) is 40.9 Å². The Morgan fingerprint density at radius 2 is 0.865 bits per heavy atom. The normalized spacial score (nSPS) is 14.4. The number of amides is 1. The maximum Gasteiger partial charge on any atom is 0.306 e. The summed E-state index contributed by atoms with van der Waals surface area (Å²) >= 11 is 0. The molecular formula is C64H113N2O7P. The largest absolute Gasteiger partial charge is 0.756 e. The number of nitrogens with one attached hydrogen (secondary N) is 1. The lowest BCUT2D eigenvalue weighted by atomic mass is 10.0. The summed E-state index contributed by atoms with van der Waals surface area (Å²) < 4.78 is 30.3. The molecule has 0 spiro atoms. The fourth-order valence-electron chi connectivity index (χ4n) is 8.11. The first-order chi connectivity index (χ1) is 35.9. The van der Waals surface area contributed by atoms with Gasteiger partial charge in [0.15, 0.2) is 0 Å². The van der Waals surface area contributed by atoms with E-state index in [0.717, 1.165) is 116 Å². The number of carbonyl (C=O) groups excluding carboxylic acids is 2. The van der Waals surface area contributed by atoms with Crippen molar-refractivity contribution in [3.63, 3.8) is 0 Å². The van der Waals surface area contributed by atoms with Gasteiger partial charge in [0.05, 0.1) is 33.8 Å². The van der Waals surface area contributed by atoms with Crippen molar-refractivity contribution in [3.8, 4) is 0 Å². The molecule has 9 nitrogen and oxygen atoms in total. The number of quaternary nitrogens is 1. The monoisotopic (exact) mass is 1050 g/mol. The molecule has 1 amide bonds. The second-order valence-electron chi connectivity index (χ2n) is 21.1. The van der Waals surface area contributed by atoms with Crippen LogP contribution in [0.1, 0.15) is 245 Å². The zero-order valence-electron chi connectivity index (χ0n) is 48.5. The number of carbonyl (C=O) groups is 2. The molecule has 0 aliphatic rings. The Balaban J connectivity index is 5.41. The van der Waals surface area contributed by atoms with Gasteiger partial charge in [-0.15, -0.1) is 0 Å². The summed E-state index contributed by atoms with van der Waals surface area (Å²) in [6.45, 7) is 6.66. The summed E-state index contributed by atoms with van der Waals surface area (Å²) in [7, 11) is 1.14. The number of likely N-dealkylation sites (N-methyl/N-ethyl adjacent to an activating group) is 1. The fourth-order valence-corrected chi connectivity index (χ4v) is 8.83. The molecule has 3 atom stereocenters. The van der Waals surface area contributed by atoms with Gasteiger partial charge in [0, 0.05) is 12.8 Å². The minimum atomic E-state index is -4.71. The van der Waals surface area contributed by atoms with E-state index in [1.54, 1.807) is 0 Å². The number of ether oxygens (including phenoxy) is 1. The Hall–Kier alpha value is -3.07. The predicted octanol–water partition coefficient (Wildman–Crippen LogP) is 17.8. The number of esters is 1. The first-order valence-electron chi connectivity index (χ1n) is 30.0. The van der Waals surface area contributed by atoms with Crippen LogP contribution in [0.5, 0.6) is 0 Å². The van der Waals surface area contributed by atoms with Crippen LogP contribution in [0.25, 0.3) is 0 Å². The minimum Gasteiger partial charge on any atom is -0.756 e. The highest BCUT2D eigenvalue weighted by Gasteiger charge is 2.27. The van der Waals surface area contributed by atoms with E-state index in [4.69, 9.17) is 13.8 Å². The maximum atomic E-state index is 13.5. The summed E-state index contributed by atoms with van der Waals surface area (Å²) in [6, 6.07) is -0.916. The third kappa shape index (κ3) is 53.7. The van der Waals surface area contributed by atoms with E-state index in [0.29, 0.717) is 23.9 Å². The SMILES string of the molecule is CC/C=C/C/C=C/C/C=C/C/C=C/CCCCCC(=O)NC(COP(=O)([O-])OCC[N+](C)(C)C)C(/C=C/CCCCCCCCCCCCC)OC(=O)CCCCCCCC/C=C\C/C=C\C/C=C\CCCCC. The molecule has 0 radical (unpaired) electrons. The Labute approximate surface area is 456 Å². The van der Waals surface area contributed by atoms with Crippen molar-refractivity contribution >= 4 is 19.7 Å². The number of rotatable bonds is 53. The quantitative estimate of drug-likeness (QED) is 0.0212. The van der Waals surface area contributed by atoms with Crippen molar-refractivity contribution in [1.29, 1.82) is 0 Å². The van der Waals surface area contributed by atoms with Gasteiger partial charge in [0.1, 0.15) is 19.3 Å². The topological polar surface area (TPSA) is 114 Å². The lowest BCUT2D eigenvalue weighted by molar-refractivity contribution is -0.870. The summed E-state index contributed by atoms with van der Waals surface area (Å²) in [5, 5.41) is 3.00. The van der Waals surface area contributed by atoms with Crippen molar-refractivity contribution in [3.05, 3.63) is 97.2 Å². The number of allylic oxidation sites excluding steroid dienone is 15. The van der Waals surface area contributed by atoms with E-state index in [1.165, 1.54) is 83.5 Å². The standard InChI is InChI=1S/C64H113N2O7P/c1-7-10-13-16-19-22-25-28-30-32-33-34-36-39-42-45-48-51-54-57-64(68)73-62(55-52-49-46-43-40-37-27-24-21-18-15-12-9-3)61(60-72-74(69,70)71-59-58-66(4,5)6)65-63(67)56-53-50-47-44-41-38-35-31-29-26-23-20-17-14-11-8-2/h11,14,19-20,22-23,28-31,33-34,38,41,52,55,61-62H,7-10,12-13,15-18,21,24-27,32,35-37,39-40,42-51,53-54,56-60H2,1-6H3,(H-,65,67,69,70)/b14-11+,22-19-,23-20+,30-28-,31-29+,34-33-,41-38+,55-52+. The zero-order chi connectivity index (χ0) is 54.3. The Morgan fingerprint density at radius 1 is 0.486 bits per heavy atom. The minimum absolute atomic E-state index is 0.0356. The van der Waals surface area contributed by atoms with Crippen LogP contribution in [-0.4, -0.2) is 69.4 Å². The number of hydrogen-bond donors (Lipinski definition) is 1. The average molecular weight is 1050 g/mol. The van der Waals surface area contributed by atoms with E-state index in [-0.39, 0.29) is 31.3 Å². The van der Waals surface area contributed by atoms with Gasteiger partial charge >= 0.3 is 5.97 Å². The summed E-state index contributed by atoms with van der Waals surface area (Å²) in [4.78, 5) is 39.9. The summed E-state index contributed by atoms with van der Waals surface area (Å²) in [5.74, 6) is -0.596. The first kappa shape index (κ1) is 70.9. The predicted molar refractivity (Wildman–Crippen MR) is 316 cm³/mol. The van der Waals surface area contributed by atoms with Crippen LogP contribution < -0.4 is 10.2 Å². The van der Waals surface area contributed by atoms with Gasteiger partial charge < -0.3 is 28.5 Å². The number of unbranched alkanes of at least 4 members (excludes halogenated alkanes) is 23. The molecule has 0 rings (SSSR count). The lowest BCUT2D eigenvalue weighted by Crippen LogP contribution is -2.47. The molecular weight excluding hydrogens is 940 g/mol. The number of hydrogen-bond acceptors (Lipinski definition) is 7. The number of phosphoric acid groups is 1. The molecule has 74 heavy (non-hydrogen) atoms. The molecule has 0 aliphatic carbocycles. The highest BCUT2D eigenvalue weighted by Crippen LogP contribution is 2.38. The summed E-state index contributed by atoms with van der Waals surface area (Å²) in [6.07, 6.45) is 70.8. The second-order valence-corrected chi connectivity index (χ2v) is 22.5. The van der Waals surface area contributed by atoms with Crippen molar-refractivity contribution in [2.24, 2.45) is 0 Å². The third-order valence-electron chi connectivity index (χ3n) is 12.7. The van der Waals surface area contributed by atoms with E-state index in [1.807, 2.05) is 33.3 Å². The number of phosphoric ester groups is 1. The van der Waals surface area contributed by atoms with Crippen molar-refractivity contribution in [2.45, 2.75) is 258 Å². The van der Waals surface area contributed by atoms with Crippen molar-refractivity contribution in [1.82, 2.24) is 5.32 Å². The van der Waals surface area contributed by atoms with Gasteiger partial charge in [0.2, 0.25) is 5.91 Å². The van der Waals surface area contributed by atoms with Gasteiger partial charge in [-0.3, -0.25) is 14.2 Å². The molecule has 0 aromatic carbocycles. The molecule has 0 aromatic rings. The highest BCUT2D eigenvalue weighted by molar-refractivity contribution is 7.45. The zero-order valence-corrected chi connectivity index (χ0v) is 49.4. The maximum absolute atomic E-state index is 13.5. The molecule has 0 aliphatic heterocycles. The second kappa shape index (κ2) is 53.3. The molecule has 0 saturated carbocycles. The Bertz CT molecular complexity index is 1590. The van der Waals surface area contributed by atoms with E-state index < -0.39 is 26.6 Å². The molecule has 0 saturated heterocycles. The molecule has 0 bridgehead atoms. The molecule has 0 aromatic heterocycles. The van der Waals surface area contributed by atoms with Crippen LogP contribution in [0, 0.1) is 0 Å². The average Bonchev–Trinajstić information content (AvgIpc) is 3.36. The van der Waals surface area contributed by atoms with Gasteiger partial charge in [-0.2, -0.15) is 0 Å². The third-order valence-corrected chi connectivity index (χ3v) is 13.7. The van der Waals surface area contributed by atoms with Crippen LogP contribution >= 0.6 is 7.82 Å². The van der Waals surface area contributed by atoms with Crippen LogP contribution in [-0.2, 0) is 27.9 Å². The fraction of sp³-hybridized carbons (Fsp3) is 0.719. The molecule has 10 heteroatoms. The van der Waals surface area contributed by atoms with Gasteiger partial charge in [0.25, 0.3) is 7.82 Å². The highest BCUT2D eigenvalue weighted by atomic mass is 31.2. The van der Waals surface area contributed by atoms with Gasteiger partial charge in [-0.05, 0) is 109 Å². The lowest BCUT2D eigenvalue weighted by Gasteiger charge is -2.30. The summed E-state index contributed by atoms with van der Waals surface area (Å²) in [5.41, 5.74) is 0. The van der Waals surface area contributed by atoms with E-state index in [2.05, 4.69) is 111 Å². The van der Waals surface area contributed by atoms with Crippen LogP contribution in [0.4, 0.5) is 0 Å². The van der Waals surface area contributed by atoms with Gasteiger partial charge in [-0.1, -0.05) is 221 Å². The Kier molecular flexibility index (Phi) is 51.1. The van der Waals surface area contributed by atoms with E-state index in [9.17, 15) is 19.0 Å². The molecule has 3 unspecified atom stereocenters. The van der Waals surface area contributed by atoms with Crippen LogP contribution in [0.3, 0.4) is 0 Å². The van der Waals surface area contributed by atoms with Crippen molar-refractivity contribution < 1.29 is 37.3 Å². The number of nitrogens with zero attached hydrogens (tertiary/aromatic N) is 1. The Morgan fingerprint density at radius 3 is 1.34 bits per heavy atom. The molecule has 426 valence electrons.